The second-order valence-corrected chi connectivity index (χ2v) is 22.3. The van der Waals surface area contributed by atoms with Crippen LogP contribution in [0, 0.1) is 23.0 Å². The highest BCUT2D eigenvalue weighted by Crippen LogP contribution is 2.47. The number of rotatable bonds is 10. The first-order chi connectivity index (χ1) is 37.8. The maximum atomic E-state index is 17.5. The topological polar surface area (TPSA) is 231 Å². The van der Waals surface area contributed by atoms with Gasteiger partial charge in [-0.05, 0) is 87.7 Å². The lowest BCUT2D eigenvalue weighted by Crippen LogP contribution is -2.54. The maximum Gasteiger partial charge on any atom is 0.412 e. The van der Waals surface area contributed by atoms with Crippen molar-refractivity contribution in [2.75, 3.05) is 55.3 Å². The van der Waals surface area contributed by atoms with Crippen LogP contribution >= 0.6 is 22.9 Å². The van der Waals surface area contributed by atoms with Crippen LogP contribution in [0.25, 0.3) is 54.4 Å². The van der Waals surface area contributed by atoms with E-state index in [9.17, 15) is 33.9 Å². The summed E-state index contributed by atoms with van der Waals surface area (Å²) in [6.45, 7) is 10.5. The van der Waals surface area contributed by atoms with Crippen molar-refractivity contribution in [3.63, 3.8) is 0 Å². The molecule has 7 aromatic rings. The fraction of sp³-hybridized carbons (Fsp3) is 0.357. The fourth-order valence-electron chi connectivity index (χ4n) is 12.1. The Hall–Kier alpha value is -7.84. The van der Waals surface area contributed by atoms with E-state index in [1.807, 2.05) is 24.0 Å². The third-order valence-corrected chi connectivity index (χ3v) is 17.6. The van der Waals surface area contributed by atoms with Crippen molar-refractivity contribution in [1.82, 2.24) is 29.3 Å². The van der Waals surface area contributed by atoms with Crippen molar-refractivity contribution < 1.29 is 46.9 Å². The first kappa shape index (κ1) is 51.9. The van der Waals surface area contributed by atoms with Crippen LogP contribution in [0.15, 0.2) is 65.5 Å². The molecule has 0 saturated carbocycles. The number of hydrogen-bond donors (Lipinski definition) is 3. The van der Waals surface area contributed by atoms with Crippen LogP contribution in [0.3, 0.4) is 0 Å². The average Bonchev–Trinajstić information content (AvgIpc) is 4.38. The molecule has 0 radical (unpaired) electrons. The number of aromatic nitrogens is 4. The van der Waals surface area contributed by atoms with Gasteiger partial charge in [-0.15, -0.1) is 11.3 Å². The van der Waals surface area contributed by atoms with Crippen molar-refractivity contribution >= 4 is 89.3 Å². The average molecular weight is 1120 g/mol. The van der Waals surface area contributed by atoms with Gasteiger partial charge < -0.3 is 39.4 Å². The quantitative estimate of drug-likeness (QED) is 0.0861. The molecular formula is C56H50ClF3N10O8S. The number of esters is 1. The minimum absolute atomic E-state index is 0.00743. The Morgan fingerprint density at radius 3 is 2.70 bits per heavy atom. The Morgan fingerprint density at radius 2 is 1.92 bits per heavy atom. The number of pyridine rings is 2. The SMILES string of the molecule is C=C(C(=O)N1CCN(c2nc(OCC34CCCN3CC(F)C4)nc3c(F)c(-c4ccc(F)c5sc(N)c(C#N)c45)c(Cl)cc23)C(C)C1)C(C)OC(=O)Nc1ccc2nc3c(cc2c1)Cn1c-3cc2c(c1=O)COC(=O)C2(O)CC. The van der Waals surface area contributed by atoms with E-state index in [-0.39, 0.29) is 141 Å². The van der Waals surface area contributed by atoms with Crippen LogP contribution in [-0.4, -0.2) is 116 Å². The lowest BCUT2D eigenvalue weighted by Gasteiger charge is -2.41. The number of nitrogens with two attached hydrogens (primary N) is 1. The molecule has 0 bridgehead atoms. The number of benzene rings is 3. The number of alkyl halides is 1. The van der Waals surface area contributed by atoms with E-state index in [1.165, 1.54) is 23.6 Å². The standard InChI is InChI=1S/C56H50ClF3N10O8S/c1-5-56(75)37-18-41-45-30(22-70(41)51(72)36(37)24-76-52(56)73)15-29-16-32(7-10-40(29)64-45)63-54(74)78-28(4)27(3)50(71)67-13-14-69(26(2)21-67)49-34-17-38(57)43(33-8-9-39(59)47-42(33)35(20-61)48(62)79-47)44(60)46(34)65-53(66-49)77-25-55-11-6-12-68(55)23-31(58)19-55/h7-10,15-18,26,28,31,75H,3,5-6,11-14,19,21-25,62H2,1-2,4H3,(H,63,74). The summed E-state index contributed by atoms with van der Waals surface area (Å²) in [4.78, 5) is 73.5. The van der Waals surface area contributed by atoms with Crippen LogP contribution in [-0.2, 0) is 37.8 Å². The molecule has 5 aliphatic rings. The highest BCUT2D eigenvalue weighted by molar-refractivity contribution is 7.23. The molecule has 5 atom stereocenters. The zero-order valence-electron chi connectivity index (χ0n) is 42.9. The van der Waals surface area contributed by atoms with Crippen molar-refractivity contribution in [2.45, 2.75) is 89.1 Å². The van der Waals surface area contributed by atoms with Crippen LogP contribution in [0.4, 0.5) is 34.5 Å². The number of hydrogen-bond acceptors (Lipinski definition) is 16. The smallest absolute Gasteiger partial charge is 0.412 e. The zero-order chi connectivity index (χ0) is 55.6. The molecule has 406 valence electrons. The summed E-state index contributed by atoms with van der Waals surface area (Å²) >= 11 is 7.84. The summed E-state index contributed by atoms with van der Waals surface area (Å²) in [5.74, 6) is -2.54. The first-order valence-electron chi connectivity index (χ1n) is 25.8. The number of anilines is 3. The predicted octanol–water partition coefficient (Wildman–Crippen LogP) is 8.48. The minimum atomic E-state index is -1.96. The molecule has 0 aliphatic carbocycles. The Morgan fingerprint density at radius 1 is 1.11 bits per heavy atom. The lowest BCUT2D eigenvalue weighted by molar-refractivity contribution is -0.172. The van der Waals surface area contributed by atoms with Gasteiger partial charge in [0.25, 0.3) is 11.5 Å². The van der Waals surface area contributed by atoms with Crippen molar-refractivity contribution in [3.8, 4) is 34.6 Å². The maximum absolute atomic E-state index is 17.5. The van der Waals surface area contributed by atoms with Gasteiger partial charge in [-0.2, -0.15) is 15.2 Å². The van der Waals surface area contributed by atoms with Gasteiger partial charge in [-0.1, -0.05) is 31.2 Å². The van der Waals surface area contributed by atoms with Crippen molar-refractivity contribution in [3.05, 3.63) is 110 Å². The minimum Gasteiger partial charge on any atom is -0.461 e. The van der Waals surface area contributed by atoms with Crippen molar-refractivity contribution in [1.29, 1.82) is 5.26 Å². The van der Waals surface area contributed by atoms with Gasteiger partial charge in [0.15, 0.2) is 11.4 Å². The van der Waals surface area contributed by atoms with E-state index in [0.717, 1.165) is 23.8 Å². The molecule has 4 N–H and O–H groups in total. The van der Waals surface area contributed by atoms with E-state index in [2.05, 4.69) is 21.8 Å². The number of thiophene rings is 1. The van der Waals surface area contributed by atoms with Gasteiger partial charge in [-0.3, -0.25) is 19.8 Å². The summed E-state index contributed by atoms with van der Waals surface area (Å²) < 4.78 is 66.2. The third-order valence-electron chi connectivity index (χ3n) is 16.3. The van der Waals surface area contributed by atoms with Crippen LogP contribution in [0.5, 0.6) is 6.01 Å². The molecule has 12 rings (SSSR count). The molecule has 5 aliphatic heterocycles. The summed E-state index contributed by atoms with van der Waals surface area (Å²) in [6.07, 6.45) is -1.10. The predicted molar refractivity (Wildman–Crippen MR) is 290 cm³/mol. The second-order valence-electron chi connectivity index (χ2n) is 20.9. The zero-order valence-corrected chi connectivity index (χ0v) is 44.5. The van der Waals surface area contributed by atoms with Gasteiger partial charge in [0.1, 0.15) is 53.7 Å². The van der Waals surface area contributed by atoms with Gasteiger partial charge in [0, 0.05) is 77.2 Å². The number of halogens is 4. The molecule has 23 heteroatoms. The Labute approximate surface area is 457 Å². The molecule has 0 spiro atoms. The molecule has 2 amide bonds. The van der Waals surface area contributed by atoms with E-state index >= 15 is 8.78 Å². The van der Waals surface area contributed by atoms with E-state index in [4.69, 9.17) is 41.5 Å². The number of fused-ring (bicyclic) bond motifs is 8. The molecule has 9 heterocycles. The first-order valence-corrected chi connectivity index (χ1v) is 27.0. The lowest BCUT2D eigenvalue weighted by atomic mass is 9.86. The normalized spacial score (nSPS) is 21.8. The second kappa shape index (κ2) is 19.2. The number of ether oxygens (including phenoxy) is 3. The van der Waals surface area contributed by atoms with Gasteiger partial charge in [0.2, 0.25) is 0 Å². The van der Waals surface area contributed by atoms with Gasteiger partial charge in [0.05, 0.1) is 55.4 Å². The highest BCUT2D eigenvalue weighted by Gasteiger charge is 2.50. The van der Waals surface area contributed by atoms with Gasteiger partial charge in [-0.25, -0.2) is 27.7 Å². The van der Waals surface area contributed by atoms with E-state index in [1.54, 1.807) is 36.1 Å². The summed E-state index contributed by atoms with van der Waals surface area (Å²) in [5.41, 5.74) is 6.07. The summed E-state index contributed by atoms with van der Waals surface area (Å²) in [6, 6.07) is 13.9. The number of nitrogens with one attached hydrogen (secondary N) is 1. The van der Waals surface area contributed by atoms with Crippen LogP contribution in [0.1, 0.15) is 68.7 Å². The molecule has 18 nitrogen and oxygen atoms in total. The fourth-order valence-corrected chi connectivity index (χ4v) is 13.4. The summed E-state index contributed by atoms with van der Waals surface area (Å²) in [5, 5.41) is 24.9. The highest BCUT2D eigenvalue weighted by atomic mass is 35.5. The Balaban J connectivity index is 0.760. The van der Waals surface area contributed by atoms with E-state index in [0.29, 0.717) is 46.5 Å². The number of nitrogens with zero attached hydrogens (tertiary/aromatic N) is 8. The number of carbonyl (C=O) groups is 3. The largest absolute Gasteiger partial charge is 0.461 e. The molecule has 3 fully saturated rings. The molecule has 5 unspecified atom stereocenters. The number of cyclic esters (lactones) is 1. The molecule has 3 saturated heterocycles. The number of aliphatic hydroxyl groups is 1. The van der Waals surface area contributed by atoms with Gasteiger partial charge >= 0.3 is 18.1 Å². The Bertz CT molecular complexity index is 3950. The molecular weight excluding hydrogens is 1070 g/mol. The number of piperazine rings is 1. The third kappa shape index (κ3) is 8.39. The van der Waals surface area contributed by atoms with E-state index < -0.39 is 59.1 Å². The number of nitrogen functional groups attached to an aromatic ring is 1. The van der Waals surface area contributed by atoms with Crippen LogP contribution in [0.2, 0.25) is 5.02 Å². The molecule has 3 aromatic carbocycles. The van der Waals surface area contributed by atoms with Crippen LogP contribution < -0.4 is 26.2 Å². The number of amides is 2. The molecule has 79 heavy (non-hydrogen) atoms. The monoisotopic (exact) mass is 1110 g/mol. The van der Waals surface area contributed by atoms with Crippen molar-refractivity contribution in [2.24, 2.45) is 0 Å². The number of carbonyl (C=O) groups excluding carboxylic acids is 3. The Kier molecular flexibility index (Phi) is 12.6. The number of nitriles is 1. The summed E-state index contributed by atoms with van der Waals surface area (Å²) in [7, 11) is 0. The molecule has 4 aromatic heterocycles.